The van der Waals surface area contributed by atoms with E-state index in [0.29, 0.717) is 26.2 Å². The molecular weight excluding hydrogens is 362 g/mol. The third kappa shape index (κ3) is 4.69. The SMILES string of the molecule is O=C(NCc1cccnc1)C1(Cc2cccc(-c3cccnc3)c2)CCOCC1. The van der Waals surface area contributed by atoms with Crippen molar-refractivity contribution in [2.24, 2.45) is 5.41 Å². The fraction of sp³-hybridized carbons (Fsp3) is 0.292. The minimum atomic E-state index is -0.450. The molecule has 1 aliphatic heterocycles. The van der Waals surface area contributed by atoms with E-state index in [2.05, 4.69) is 45.6 Å². The number of carbonyl (C=O) groups excluding carboxylic acids is 1. The summed E-state index contributed by atoms with van der Waals surface area (Å²) in [5.41, 5.74) is 3.91. The minimum Gasteiger partial charge on any atom is -0.381 e. The second kappa shape index (κ2) is 8.97. The number of hydrogen-bond donors (Lipinski definition) is 1. The van der Waals surface area contributed by atoms with E-state index in [9.17, 15) is 4.79 Å². The van der Waals surface area contributed by atoms with Gasteiger partial charge in [0.05, 0.1) is 5.41 Å². The molecule has 0 spiro atoms. The Bertz CT molecular complexity index is 939. The van der Waals surface area contributed by atoms with Gasteiger partial charge in [0.1, 0.15) is 0 Å². The molecule has 0 saturated carbocycles. The van der Waals surface area contributed by atoms with Crippen molar-refractivity contribution in [1.29, 1.82) is 0 Å². The summed E-state index contributed by atoms with van der Waals surface area (Å²) in [5, 5.41) is 3.13. The summed E-state index contributed by atoms with van der Waals surface area (Å²) in [7, 11) is 0. The average Bonchev–Trinajstić information content (AvgIpc) is 2.79. The van der Waals surface area contributed by atoms with Crippen LogP contribution in [0.15, 0.2) is 73.3 Å². The van der Waals surface area contributed by atoms with Crippen molar-refractivity contribution >= 4 is 5.91 Å². The van der Waals surface area contributed by atoms with Gasteiger partial charge in [0, 0.05) is 44.5 Å². The van der Waals surface area contributed by atoms with Gasteiger partial charge in [-0.2, -0.15) is 0 Å². The van der Waals surface area contributed by atoms with Gasteiger partial charge < -0.3 is 10.1 Å². The van der Waals surface area contributed by atoms with Crippen LogP contribution in [0.2, 0.25) is 0 Å². The largest absolute Gasteiger partial charge is 0.381 e. The van der Waals surface area contributed by atoms with Gasteiger partial charge in [0.2, 0.25) is 5.91 Å². The lowest BCUT2D eigenvalue weighted by atomic mass is 9.74. The number of carbonyl (C=O) groups is 1. The molecule has 2 aromatic heterocycles. The Morgan fingerprint density at radius 1 is 0.931 bits per heavy atom. The Hall–Kier alpha value is -3.05. The molecule has 0 atom stereocenters. The van der Waals surface area contributed by atoms with E-state index in [4.69, 9.17) is 4.74 Å². The minimum absolute atomic E-state index is 0.0939. The number of rotatable bonds is 6. The van der Waals surface area contributed by atoms with Crippen LogP contribution in [-0.2, 0) is 22.5 Å². The van der Waals surface area contributed by atoms with Gasteiger partial charge in [-0.15, -0.1) is 0 Å². The summed E-state index contributed by atoms with van der Waals surface area (Å²) in [5.74, 6) is 0.0939. The molecule has 29 heavy (non-hydrogen) atoms. The summed E-state index contributed by atoms with van der Waals surface area (Å²) < 4.78 is 5.57. The number of amides is 1. The van der Waals surface area contributed by atoms with Crippen molar-refractivity contribution < 1.29 is 9.53 Å². The van der Waals surface area contributed by atoms with Gasteiger partial charge >= 0.3 is 0 Å². The number of nitrogens with one attached hydrogen (secondary N) is 1. The summed E-state index contributed by atoms with van der Waals surface area (Å²) in [6, 6.07) is 16.3. The Morgan fingerprint density at radius 3 is 2.38 bits per heavy atom. The highest BCUT2D eigenvalue weighted by Crippen LogP contribution is 2.35. The van der Waals surface area contributed by atoms with Crippen LogP contribution in [0.1, 0.15) is 24.0 Å². The van der Waals surface area contributed by atoms with Gasteiger partial charge in [-0.1, -0.05) is 36.4 Å². The van der Waals surface area contributed by atoms with Crippen LogP contribution in [0.5, 0.6) is 0 Å². The fourth-order valence-corrected chi connectivity index (χ4v) is 3.90. The summed E-state index contributed by atoms with van der Waals surface area (Å²) in [6.45, 7) is 1.72. The molecule has 1 saturated heterocycles. The first-order chi connectivity index (χ1) is 14.3. The first kappa shape index (κ1) is 19.3. The van der Waals surface area contributed by atoms with Crippen LogP contribution in [0.3, 0.4) is 0 Å². The maximum atomic E-state index is 13.3. The molecule has 3 heterocycles. The quantitative estimate of drug-likeness (QED) is 0.699. The average molecular weight is 387 g/mol. The Labute approximate surface area is 171 Å². The van der Waals surface area contributed by atoms with Crippen molar-refractivity contribution in [3.8, 4) is 11.1 Å². The lowest BCUT2D eigenvalue weighted by Crippen LogP contribution is -2.45. The fourth-order valence-electron chi connectivity index (χ4n) is 3.90. The second-order valence-electron chi connectivity index (χ2n) is 7.56. The molecule has 1 N–H and O–H groups in total. The molecule has 0 unspecified atom stereocenters. The highest BCUT2D eigenvalue weighted by molar-refractivity contribution is 5.83. The van der Waals surface area contributed by atoms with Crippen molar-refractivity contribution in [2.75, 3.05) is 13.2 Å². The van der Waals surface area contributed by atoms with E-state index in [-0.39, 0.29) is 5.91 Å². The second-order valence-corrected chi connectivity index (χ2v) is 7.56. The lowest BCUT2D eigenvalue weighted by Gasteiger charge is -2.36. The summed E-state index contributed by atoms with van der Waals surface area (Å²) in [6.07, 6.45) is 9.31. The zero-order valence-electron chi connectivity index (χ0n) is 16.4. The maximum absolute atomic E-state index is 13.3. The van der Waals surface area contributed by atoms with Gasteiger partial charge in [0.25, 0.3) is 0 Å². The van der Waals surface area contributed by atoms with E-state index < -0.39 is 5.41 Å². The number of benzene rings is 1. The van der Waals surface area contributed by atoms with Crippen LogP contribution in [0.25, 0.3) is 11.1 Å². The van der Waals surface area contributed by atoms with E-state index >= 15 is 0 Å². The van der Waals surface area contributed by atoms with Gasteiger partial charge in [-0.25, -0.2) is 0 Å². The van der Waals surface area contributed by atoms with Gasteiger partial charge in [-0.05, 0) is 53.6 Å². The van der Waals surface area contributed by atoms with Crippen molar-refractivity contribution in [1.82, 2.24) is 15.3 Å². The first-order valence-corrected chi connectivity index (χ1v) is 9.99. The molecule has 1 aliphatic rings. The zero-order chi connectivity index (χ0) is 19.9. The third-order valence-corrected chi connectivity index (χ3v) is 5.57. The van der Waals surface area contributed by atoms with E-state index in [1.807, 2.05) is 24.4 Å². The molecule has 1 amide bonds. The topological polar surface area (TPSA) is 64.1 Å². The number of nitrogens with zero attached hydrogens (tertiary/aromatic N) is 2. The highest BCUT2D eigenvalue weighted by Gasteiger charge is 2.40. The molecule has 4 rings (SSSR count). The monoisotopic (exact) mass is 387 g/mol. The Morgan fingerprint density at radius 2 is 1.66 bits per heavy atom. The summed E-state index contributed by atoms with van der Waals surface area (Å²) in [4.78, 5) is 21.6. The van der Waals surface area contributed by atoms with E-state index in [1.165, 1.54) is 0 Å². The van der Waals surface area contributed by atoms with Crippen LogP contribution >= 0.6 is 0 Å². The summed E-state index contributed by atoms with van der Waals surface area (Å²) >= 11 is 0. The van der Waals surface area contributed by atoms with Crippen molar-refractivity contribution in [3.05, 3.63) is 84.4 Å². The standard InChI is InChI=1S/C24H25N3O2/c28-23(27-17-20-5-2-10-25-16-20)24(8-12-29-13-9-24)15-19-4-1-6-21(14-19)22-7-3-11-26-18-22/h1-7,10-11,14,16,18H,8-9,12-13,15,17H2,(H,27,28). The molecule has 148 valence electrons. The Kier molecular flexibility index (Phi) is 5.96. The number of hydrogen-bond acceptors (Lipinski definition) is 4. The molecule has 5 nitrogen and oxygen atoms in total. The predicted molar refractivity (Wildman–Crippen MR) is 112 cm³/mol. The van der Waals surface area contributed by atoms with Gasteiger partial charge in [0.15, 0.2) is 0 Å². The molecule has 1 aromatic carbocycles. The van der Waals surface area contributed by atoms with E-state index in [0.717, 1.165) is 35.1 Å². The van der Waals surface area contributed by atoms with Crippen LogP contribution < -0.4 is 5.32 Å². The predicted octanol–water partition coefficient (Wildman–Crippen LogP) is 3.80. The number of aromatic nitrogens is 2. The normalized spacial score (nSPS) is 15.6. The molecule has 0 bridgehead atoms. The molecule has 1 fully saturated rings. The van der Waals surface area contributed by atoms with Crippen molar-refractivity contribution in [2.45, 2.75) is 25.8 Å². The highest BCUT2D eigenvalue weighted by atomic mass is 16.5. The maximum Gasteiger partial charge on any atom is 0.226 e. The molecule has 0 radical (unpaired) electrons. The molecule has 0 aliphatic carbocycles. The van der Waals surface area contributed by atoms with Crippen LogP contribution in [0.4, 0.5) is 0 Å². The van der Waals surface area contributed by atoms with E-state index in [1.54, 1.807) is 18.6 Å². The smallest absolute Gasteiger partial charge is 0.226 e. The molecule has 5 heteroatoms. The third-order valence-electron chi connectivity index (χ3n) is 5.57. The lowest BCUT2D eigenvalue weighted by molar-refractivity contribution is -0.136. The van der Waals surface area contributed by atoms with Gasteiger partial charge in [-0.3, -0.25) is 14.8 Å². The Balaban J connectivity index is 1.53. The number of pyridine rings is 2. The number of ether oxygens (including phenoxy) is 1. The zero-order valence-corrected chi connectivity index (χ0v) is 16.4. The van der Waals surface area contributed by atoms with Crippen LogP contribution in [0, 0.1) is 5.41 Å². The molecule has 3 aromatic rings. The first-order valence-electron chi connectivity index (χ1n) is 9.99. The van der Waals surface area contributed by atoms with Crippen LogP contribution in [-0.4, -0.2) is 29.1 Å². The molecular formula is C24H25N3O2. The van der Waals surface area contributed by atoms with Crippen molar-refractivity contribution in [3.63, 3.8) is 0 Å².